The number of hydrogen-bond donors (Lipinski definition) is 2. The molecule has 1 atom stereocenters. The fourth-order valence-electron chi connectivity index (χ4n) is 2.15. The van der Waals surface area contributed by atoms with Crippen LogP contribution in [0.1, 0.15) is 18.6 Å². The molecule has 2 fully saturated rings. The van der Waals surface area contributed by atoms with Crippen molar-refractivity contribution in [2.45, 2.75) is 31.5 Å². The molecule has 96 valence electrons. The molecule has 6 heteroatoms. The third-order valence-corrected chi connectivity index (χ3v) is 3.25. The number of nitrogens with zero attached hydrogens (tertiary/aromatic N) is 1. The van der Waals surface area contributed by atoms with E-state index in [-0.39, 0.29) is 11.9 Å². The van der Waals surface area contributed by atoms with Crippen molar-refractivity contribution in [3.8, 4) is 0 Å². The maximum absolute atomic E-state index is 12.3. The Labute approximate surface area is 104 Å². The van der Waals surface area contributed by atoms with Gasteiger partial charge < -0.3 is 20.0 Å². The predicted octanol–water partition coefficient (Wildman–Crippen LogP) is 0.452. The van der Waals surface area contributed by atoms with Gasteiger partial charge in [-0.25, -0.2) is 4.79 Å². The molecular weight excluding hydrogens is 234 g/mol. The lowest BCUT2D eigenvalue weighted by molar-refractivity contribution is -0.134. The lowest BCUT2D eigenvalue weighted by Gasteiger charge is -2.24. The molecule has 0 bridgehead atoms. The number of urea groups is 1. The summed E-state index contributed by atoms with van der Waals surface area (Å²) >= 11 is 0. The molecule has 0 radical (unpaired) electrons. The summed E-state index contributed by atoms with van der Waals surface area (Å²) in [5.41, 5.74) is 0. The van der Waals surface area contributed by atoms with Crippen LogP contribution >= 0.6 is 0 Å². The van der Waals surface area contributed by atoms with E-state index in [1.165, 1.54) is 0 Å². The van der Waals surface area contributed by atoms with Crippen LogP contribution in [0.4, 0.5) is 4.79 Å². The number of carbonyl (C=O) groups excluding carboxylic acids is 2. The lowest BCUT2D eigenvalue weighted by atomic mass is 10.2. The Balaban J connectivity index is 1.69. The fraction of sp³-hybridized carbons (Fsp3) is 0.500. The van der Waals surface area contributed by atoms with Crippen molar-refractivity contribution in [1.82, 2.24) is 15.5 Å². The Morgan fingerprint density at radius 3 is 2.89 bits per heavy atom. The second-order valence-electron chi connectivity index (χ2n) is 4.68. The number of hydrogen-bond acceptors (Lipinski definition) is 3. The van der Waals surface area contributed by atoms with Crippen molar-refractivity contribution in [2.24, 2.45) is 0 Å². The van der Waals surface area contributed by atoms with Gasteiger partial charge in [0.1, 0.15) is 11.8 Å². The quantitative estimate of drug-likeness (QED) is 0.813. The topological polar surface area (TPSA) is 74.6 Å². The molecule has 1 saturated heterocycles. The Morgan fingerprint density at radius 1 is 1.50 bits per heavy atom. The van der Waals surface area contributed by atoms with Gasteiger partial charge in [-0.3, -0.25) is 4.79 Å². The number of amides is 3. The van der Waals surface area contributed by atoms with Crippen LogP contribution in [0.15, 0.2) is 22.8 Å². The molecule has 1 aliphatic carbocycles. The van der Waals surface area contributed by atoms with Crippen LogP contribution < -0.4 is 10.6 Å². The molecule has 1 unspecified atom stereocenters. The van der Waals surface area contributed by atoms with Gasteiger partial charge in [0.2, 0.25) is 5.91 Å². The Bertz CT molecular complexity index is 453. The smallest absolute Gasteiger partial charge is 0.315 e. The van der Waals surface area contributed by atoms with Gasteiger partial charge in [0, 0.05) is 12.6 Å². The number of nitrogens with one attached hydrogen (secondary N) is 2. The summed E-state index contributed by atoms with van der Waals surface area (Å²) in [4.78, 5) is 25.2. The first-order valence-corrected chi connectivity index (χ1v) is 6.11. The van der Waals surface area contributed by atoms with E-state index in [9.17, 15) is 9.59 Å². The second kappa shape index (κ2) is 4.36. The zero-order valence-corrected chi connectivity index (χ0v) is 9.89. The third kappa shape index (κ3) is 2.18. The standard InChI is InChI=1S/C12H15N3O3/c16-11(10-6-13-12(17)14-10)15(8-3-4-8)7-9-2-1-5-18-9/h1-2,5,8,10H,3-4,6-7H2,(H2,13,14,17). The molecule has 2 N–H and O–H groups in total. The number of rotatable bonds is 4. The van der Waals surface area contributed by atoms with Gasteiger partial charge in [0.05, 0.1) is 12.8 Å². The average molecular weight is 249 g/mol. The number of furan rings is 1. The molecule has 3 amide bonds. The molecular formula is C12H15N3O3. The van der Waals surface area contributed by atoms with E-state index in [1.807, 2.05) is 12.1 Å². The maximum atomic E-state index is 12.3. The van der Waals surface area contributed by atoms with E-state index in [1.54, 1.807) is 11.2 Å². The minimum Gasteiger partial charge on any atom is -0.467 e. The van der Waals surface area contributed by atoms with Gasteiger partial charge >= 0.3 is 6.03 Å². The first kappa shape index (κ1) is 11.1. The summed E-state index contributed by atoms with van der Waals surface area (Å²) < 4.78 is 5.28. The van der Waals surface area contributed by atoms with E-state index in [0.29, 0.717) is 19.1 Å². The highest BCUT2D eigenvalue weighted by atomic mass is 16.3. The van der Waals surface area contributed by atoms with Gasteiger partial charge in [-0.1, -0.05) is 0 Å². The molecule has 3 rings (SSSR count). The van der Waals surface area contributed by atoms with Gasteiger partial charge in [0.15, 0.2) is 0 Å². The zero-order chi connectivity index (χ0) is 12.5. The fourth-order valence-corrected chi connectivity index (χ4v) is 2.15. The van der Waals surface area contributed by atoms with Crippen LogP contribution in [0.2, 0.25) is 0 Å². The van der Waals surface area contributed by atoms with Crippen molar-refractivity contribution < 1.29 is 14.0 Å². The van der Waals surface area contributed by atoms with E-state index in [2.05, 4.69) is 10.6 Å². The Hall–Kier alpha value is -1.98. The predicted molar refractivity (Wildman–Crippen MR) is 62.6 cm³/mol. The van der Waals surface area contributed by atoms with Gasteiger partial charge in [0.25, 0.3) is 0 Å². The van der Waals surface area contributed by atoms with Gasteiger partial charge in [-0.15, -0.1) is 0 Å². The molecule has 18 heavy (non-hydrogen) atoms. The highest BCUT2D eigenvalue weighted by Crippen LogP contribution is 2.29. The van der Waals surface area contributed by atoms with Crippen molar-refractivity contribution in [3.63, 3.8) is 0 Å². The SMILES string of the molecule is O=C1NCC(C(=O)N(Cc2ccco2)C2CC2)N1. The zero-order valence-electron chi connectivity index (χ0n) is 9.89. The highest BCUT2D eigenvalue weighted by molar-refractivity contribution is 5.90. The summed E-state index contributed by atoms with van der Waals surface area (Å²) in [6, 6.07) is 3.23. The molecule has 1 saturated carbocycles. The average Bonchev–Trinajstić information content (AvgIpc) is 2.88. The Morgan fingerprint density at radius 2 is 2.33 bits per heavy atom. The summed E-state index contributed by atoms with van der Waals surface area (Å²) in [7, 11) is 0. The molecule has 1 aromatic heterocycles. The monoisotopic (exact) mass is 249 g/mol. The summed E-state index contributed by atoms with van der Waals surface area (Å²) in [6.45, 7) is 0.835. The lowest BCUT2D eigenvalue weighted by Crippen LogP contribution is -2.46. The summed E-state index contributed by atoms with van der Waals surface area (Å²) in [5.74, 6) is 0.736. The van der Waals surface area contributed by atoms with Gasteiger partial charge in [-0.2, -0.15) is 0 Å². The normalized spacial score (nSPS) is 22.4. The van der Waals surface area contributed by atoms with E-state index in [0.717, 1.165) is 18.6 Å². The van der Waals surface area contributed by atoms with Crippen molar-refractivity contribution in [1.29, 1.82) is 0 Å². The molecule has 2 aliphatic rings. The second-order valence-corrected chi connectivity index (χ2v) is 4.68. The molecule has 1 aliphatic heterocycles. The minimum absolute atomic E-state index is 0.0350. The molecule has 1 aromatic rings. The molecule has 0 aromatic carbocycles. The van der Waals surface area contributed by atoms with E-state index < -0.39 is 6.04 Å². The third-order valence-electron chi connectivity index (χ3n) is 3.25. The molecule has 6 nitrogen and oxygen atoms in total. The molecule has 2 heterocycles. The highest BCUT2D eigenvalue weighted by Gasteiger charge is 2.38. The Kier molecular flexibility index (Phi) is 2.70. The van der Waals surface area contributed by atoms with Crippen LogP contribution in [0.25, 0.3) is 0 Å². The van der Waals surface area contributed by atoms with Crippen molar-refractivity contribution in [2.75, 3.05) is 6.54 Å². The van der Waals surface area contributed by atoms with Crippen LogP contribution in [-0.4, -0.2) is 35.5 Å². The first-order chi connectivity index (χ1) is 8.74. The largest absolute Gasteiger partial charge is 0.467 e. The summed E-state index contributed by atoms with van der Waals surface area (Å²) in [5, 5.41) is 5.23. The minimum atomic E-state index is -0.451. The van der Waals surface area contributed by atoms with Crippen molar-refractivity contribution in [3.05, 3.63) is 24.2 Å². The van der Waals surface area contributed by atoms with Crippen LogP contribution in [-0.2, 0) is 11.3 Å². The van der Waals surface area contributed by atoms with Crippen molar-refractivity contribution >= 4 is 11.9 Å². The van der Waals surface area contributed by atoms with Gasteiger partial charge in [-0.05, 0) is 25.0 Å². The first-order valence-electron chi connectivity index (χ1n) is 6.11. The number of carbonyl (C=O) groups is 2. The van der Waals surface area contributed by atoms with Crippen LogP contribution in [0.5, 0.6) is 0 Å². The van der Waals surface area contributed by atoms with E-state index in [4.69, 9.17) is 4.42 Å². The van der Waals surface area contributed by atoms with E-state index >= 15 is 0 Å². The maximum Gasteiger partial charge on any atom is 0.315 e. The summed E-state index contributed by atoms with van der Waals surface area (Å²) in [6.07, 6.45) is 3.66. The molecule has 0 spiro atoms. The van der Waals surface area contributed by atoms with Crippen LogP contribution in [0.3, 0.4) is 0 Å². The van der Waals surface area contributed by atoms with Crippen LogP contribution in [0, 0.1) is 0 Å².